The van der Waals surface area contributed by atoms with Crippen molar-refractivity contribution in [2.75, 3.05) is 18.2 Å². The number of aromatic nitrogens is 2. The molecule has 1 aromatic heterocycles. The predicted octanol–water partition coefficient (Wildman–Crippen LogP) is 3.31. The average Bonchev–Trinajstić information content (AvgIpc) is 2.90. The van der Waals surface area contributed by atoms with Gasteiger partial charge in [0.25, 0.3) is 0 Å². The number of anilines is 1. The SMILES string of the molecule is COc1ccc(NC(=O)CSc2nc3ccccc3n2C)cc1. The zero-order valence-corrected chi connectivity index (χ0v) is 13.8. The van der Waals surface area contributed by atoms with Gasteiger partial charge < -0.3 is 14.6 Å². The van der Waals surface area contributed by atoms with E-state index in [0.717, 1.165) is 27.6 Å². The number of nitrogens with one attached hydrogen (secondary N) is 1. The van der Waals surface area contributed by atoms with Gasteiger partial charge in [-0.2, -0.15) is 0 Å². The molecule has 0 unspecified atom stereocenters. The third-order valence-electron chi connectivity index (χ3n) is 3.45. The number of thioether (sulfide) groups is 1. The second-order valence-corrected chi connectivity index (χ2v) is 5.95. The monoisotopic (exact) mass is 327 g/mol. The van der Waals surface area contributed by atoms with Crippen molar-refractivity contribution in [3.8, 4) is 5.75 Å². The Bertz CT molecular complexity index is 827. The van der Waals surface area contributed by atoms with Gasteiger partial charge in [-0.25, -0.2) is 4.98 Å². The highest BCUT2D eigenvalue weighted by atomic mass is 32.2. The van der Waals surface area contributed by atoms with Gasteiger partial charge in [0.1, 0.15) is 5.75 Å². The van der Waals surface area contributed by atoms with Gasteiger partial charge in [-0.1, -0.05) is 23.9 Å². The van der Waals surface area contributed by atoms with Gasteiger partial charge in [0.05, 0.1) is 23.9 Å². The van der Waals surface area contributed by atoms with E-state index in [2.05, 4.69) is 10.3 Å². The lowest BCUT2D eigenvalue weighted by molar-refractivity contribution is -0.113. The molecular weight excluding hydrogens is 310 g/mol. The van der Waals surface area contributed by atoms with Crippen LogP contribution in [0.1, 0.15) is 0 Å². The van der Waals surface area contributed by atoms with Crippen LogP contribution in [0.15, 0.2) is 53.7 Å². The molecule has 0 spiro atoms. The lowest BCUT2D eigenvalue weighted by Gasteiger charge is -2.06. The number of rotatable bonds is 5. The Labute approximate surface area is 138 Å². The lowest BCUT2D eigenvalue weighted by atomic mass is 10.3. The molecule has 0 aliphatic carbocycles. The van der Waals surface area contributed by atoms with Crippen molar-refractivity contribution in [2.24, 2.45) is 7.05 Å². The van der Waals surface area contributed by atoms with E-state index in [1.165, 1.54) is 11.8 Å². The van der Waals surface area contributed by atoms with E-state index in [-0.39, 0.29) is 5.91 Å². The maximum atomic E-state index is 12.1. The standard InChI is InChI=1S/C17H17N3O2S/c1-20-15-6-4-3-5-14(15)19-17(20)23-11-16(21)18-12-7-9-13(22-2)10-8-12/h3-10H,11H2,1-2H3,(H,18,21). The summed E-state index contributed by atoms with van der Waals surface area (Å²) in [5.41, 5.74) is 2.75. The predicted molar refractivity (Wildman–Crippen MR) is 93.1 cm³/mol. The number of amides is 1. The molecule has 5 nitrogen and oxygen atoms in total. The molecule has 3 aromatic rings. The Morgan fingerprint density at radius 1 is 1.22 bits per heavy atom. The molecule has 23 heavy (non-hydrogen) atoms. The summed E-state index contributed by atoms with van der Waals surface area (Å²) in [7, 11) is 3.57. The minimum atomic E-state index is -0.0628. The van der Waals surface area contributed by atoms with Crippen LogP contribution in [0.4, 0.5) is 5.69 Å². The first-order valence-corrected chi connectivity index (χ1v) is 8.14. The lowest BCUT2D eigenvalue weighted by Crippen LogP contribution is -2.14. The van der Waals surface area contributed by atoms with Crippen molar-refractivity contribution < 1.29 is 9.53 Å². The Hall–Kier alpha value is -2.47. The Kier molecular flexibility index (Phi) is 4.52. The summed E-state index contributed by atoms with van der Waals surface area (Å²) in [6.07, 6.45) is 0. The van der Waals surface area contributed by atoms with Gasteiger partial charge in [0.15, 0.2) is 5.16 Å². The summed E-state index contributed by atoms with van der Waals surface area (Å²) >= 11 is 1.42. The van der Waals surface area contributed by atoms with E-state index in [1.807, 2.05) is 60.1 Å². The minimum absolute atomic E-state index is 0.0628. The maximum Gasteiger partial charge on any atom is 0.234 e. The van der Waals surface area contributed by atoms with Crippen molar-refractivity contribution >= 4 is 34.4 Å². The highest BCUT2D eigenvalue weighted by Gasteiger charge is 2.10. The number of hydrogen-bond acceptors (Lipinski definition) is 4. The molecule has 0 saturated heterocycles. The maximum absolute atomic E-state index is 12.1. The zero-order valence-electron chi connectivity index (χ0n) is 12.9. The summed E-state index contributed by atoms with van der Waals surface area (Å²) in [6.45, 7) is 0. The topological polar surface area (TPSA) is 56.1 Å². The largest absolute Gasteiger partial charge is 0.497 e. The van der Waals surface area contributed by atoms with Crippen LogP contribution in [-0.2, 0) is 11.8 Å². The highest BCUT2D eigenvalue weighted by molar-refractivity contribution is 7.99. The number of aryl methyl sites for hydroxylation is 1. The molecular formula is C17H17N3O2S. The molecule has 0 radical (unpaired) electrons. The Balaban J connectivity index is 1.62. The molecule has 0 aliphatic rings. The molecule has 0 bridgehead atoms. The molecule has 118 valence electrons. The van der Waals surface area contributed by atoms with Crippen molar-refractivity contribution in [1.82, 2.24) is 9.55 Å². The first kappa shape index (κ1) is 15.4. The molecule has 1 heterocycles. The number of fused-ring (bicyclic) bond motifs is 1. The van der Waals surface area contributed by atoms with Gasteiger partial charge in [-0.05, 0) is 36.4 Å². The number of ether oxygens (including phenoxy) is 1. The van der Waals surface area contributed by atoms with Crippen molar-refractivity contribution in [1.29, 1.82) is 0 Å². The Morgan fingerprint density at radius 3 is 2.65 bits per heavy atom. The summed E-state index contributed by atoms with van der Waals surface area (Å²) < 4.78 is 7.09. The van der Waals surface area contributed by atoms with Gasteiger partial charge in [-0.15, -0.1) is 0 Å². The van der Waals surface area contributed by atoms with E-state index in [9.17, 15) is 4.79 Å². The molecule has 0 atom stereocenters. The van der Waals surface area contributed by atoms with Crippen LogP contribution in [-0.4, -0.2) is 28.3 Å². The van der Waals surface area contributed by atoms with Crippen molar-refractivity contribution in [3.63, 3.8) is 0 Å². The quantitative estimate of drug-likeness (QED) is 0.731. The smallest absolute Gasteiger partial charge is 0.234 e. The molecule has 1 amide bonds. The number of benzene rings is 2. The van der Waals surface area contributed by atoms with Gasteiger partial charge in [-0.3, -0.25) is 4.79 Å². The fraction of sp³-hybridized carbons (Fsp3) is 0.176. The molecule has 0 aliphatic heterocycles. The van der Waals surface area contributed by atoms with Crippen LogP contribution in [0.2, 0.25) is 0 Å². The second-order valence-electron chi connectivity index (χ2n) is 5.01. The third kappa shape index (κ3) is 3.48. The van der Waals surface area contributed by atoms with E-state index in [4.69, 9.17) is 4.74 Å². The van der Waals surface area contributed by atoms with Crippen LogP contribution in [0.5, 0.6) is 5.75 Å². The number of nitrogens with zero attached hydrogens (tertiary/aromatic N) is 2. The second kappa shape index (κ2) is 6.75. The van der Waals surface area contributed by atoms with Crippen LogP contribution < -0.4 is 10.1 Å². The van der Waals surface area contributed by atoms with Crippen molar-refractivity contribution in [3.05, 3.63) is 48.5 Å². The minimum Gasteiger partial charge on any atom is -0.497 e. The number of hydrogen-bond donors (Lipinski definition) is 1. The summed E-state index contributed by atoms with van der Waals surface area (Å²) in [5, 5.41) is 3.69. The van der Waals surface area contributed by atoms with Gasteiger partial charge >= 0.3 is 0 Å². The first-order valence-electron chi connectivity index (χ1n) is 7.15. The van der Waals surface area contributed by atoms with E-state index in [0.29, 0.717) is 5.75 Å². The van der Waals surface area contributed by atoms with Crippen LogP contribution >= 0.6 is 11.8 Å². The molecule has 6 heteroatoms. The summed E-state index contributed by atoms with van der Waals surface area (Å²) in [4.78, 5) is 16.6. The van der Waals surface area contributed by atoms with Crippen LogP contribution in [0, 0.1) is 0 Å². The first-order chi connectivity index (χ1) is 11.2. The van der Waals surface area contributed by atoms with Crippen LogP contribution in [0.25, 0.3) is 11.0 Å². The van der Waals surface area contributed by atoms with Crippen molar-refractivity contribution in [2.45, 2.75) is 5.16 Å². The number of imidazole rings is 1. The number of carbonyl (C=O) groups excluding carboxylic acids is 1. The summed E-state index contributed by atoms with van der Waals surface area (Å²) in [6, 6.07) is 15.2. The number of carbonyl (C=O) groups is 1. The van der Waals surface area contributed by atoms with Gasteiger partial charge in [0, 0.05) is 12.7 Å². The van der Waals surface area contributed by atoms with Crippen LogP contribution in [0.3, 0.4) is 0 Å². The van der Waals surface area contributed by atoms with E-state index in [1.54, 1.807) is 7.11 Å². The molecule has 3 rings (SSSR count). The normalized spacial score (nSPS) is 10.7. The zero-order chi connectivity index (χ0) is 16.2. The average molecular weight is 327 g/mol. The fourth-order valence-corrected chi connectivity index (χ4v) is 3.04. The Morgan fingerprint density at radius 2 is 1.96 bits per heavy atom. The highest BCUT2D eigenvalue weighted by Crippen LogP contribution is 2.23. The summed E-state index contributed by atoms with van der Waals surface area (Å²) in [5.74, 6) is 1.01. The molecule has 0 saturated carbocycles. The molecule has 1 N–H and O–H groups in total. The third-order valence-corrected chi connectivity index (χ3v) is 4.48. The van der Waals surface area contributed by atoms with E-state index < -0.39 is 0 Å². The molecule has 0 fully saturated rings. The molecule has 2 aromatic carbocycles. The number of para-hydroxylation sites is 2. The fourth-order valence-electron chi connectivity index (χ4n) is 2.25. The van der Waals surface area contributed by atoms with Gasteiger partial charge in [0.2, 0.25) is 5.91 Å². The van der Waals surface area contributed by atoms with E-state index >= 15 is 0 Å². The number of methoxy groups -OCH3 is 1.